The van der Waals surface area contributed by atoms with E-state index in [0.29, 0.717) is 42.8 Å². The lowest BCUT2D eigenvalue weighted by Crippen LogP contribution is -2.53. The number of carbonyl (C=O) groups is 2. The van der Waals surface area contributed by atoms with Crippen molar-refractivity contribution in [3.8, 4) is 0 Å². The third-order valence-electron chi connectivity index (χ3n) is 3.95. The molecular formula is C15H17BrClNO3. The van der Waals surface area contributed by atoms with Gasteiger partial charge in [0.1, 0.15) is 5.54 Å². The Hall–Kier alpha value is -1.07. The molecule has 1 N–H and O–H groups in total. The maximum absolute atomic E-state index is 12.8. The number of carboxylic acid groups (broad SMARTS) is 1. The zero-order valence-electron chi connectivity index (χ0n) is 11.7. The van der Waals surface area contributed by atoms with Crippen molar-refractivity contribution in [3.05, 3.63) is 33.3 Å². The third-order valence-corrected chi connectivity index (χ3v) is 4.78. The summed E-state index contributed by atoms with van der Waals surface area (Å²) >= 11 is 9.42. The summed E-state index contributed by atoms with van der Waals surface area (Å²) in [5.74, 6) is -1.24. The van der Waals surface area contributed by atoms with Gasteiger partial charge in [0, 0.05) is 11.0 Å². The first kappa shape index (κ1) is 16.3. The predicted octanol–water partition coefficient (Wildman–Crippen LogP) is 3.96. The highest BCUT2D eigenvalue weighted by atomic mass is 79.9. The topological polar surface area (TPSA) is 57.6 Å². The van der Waals surface area contributed by atoms with Gasteiger partial charge in [0.15, 0.2) is 0 Å². The molecule has 6 heteroatoms. The molecule has 0 aromatic heterocycles. The molecule has 1 atom stereocenters. The van der Waals surface area contributed by atoms with Crippen LogP contribution in [0.5, 0.6) is 0 Å². The van der Waals surface area contributed by atoms with Gasteiger partial charge in [-0.05, 0) is 37.5 Å². The maximum atomic E-state index is 12.8. The van der Waals surface area contributed by atoms with Gasteiger partial charge in [-0.1, -0.05) is 40.9 Å². The summed E-state index contributed by atoms with van der Waals surface area (Å²) in [6.45, 7) is 2.38. The van der Waals surface area contributed by atoms with Crippen LogP contribution in [0.3, 0.4) is 0 Å². The van der Waals surface area contributed by atoms with Crippen LogP contribution >= 0.6 is 27.5 Å². The van der Waals surface area contributed by atoms with E-state index in [9.17, 15) is 14.7 Å². The minimum absolute atomic E-state index is 0.311. The van der Waals surface area contributed by atoms with Crippen LogP contribution in [0.15, 0.2) is 22.7 Å². The molecule has 0 bridgehead atoms. The molecule has 1 fully saturated rings. The number of hydrogen-bond acceptors (Lipinski definition) is 2. The zero-order chi connectivity index (χ0) is 15.6. The molecule has 0 saturated carbocycles. The van der Waals surface area contributed by atoms with Gasteiger partial charge in [0.05, 0.1) is 10.6 Å². The summed E-state index contributed by atoms with van der Waals surface area (Å²) < 4.78 is 0.742. The van der Waals surface area contributed by atoms with Gasteiger partial charge in [-0.15, -0.1) is 0 Å². The first-order chi connectivity index (χ1) is 9.92. The highest BCUT2D eigenvalue weighted by Crippen LogP contribution is 2.36. The van der Waals surface area contributed by atoms with Crippen molar-refractivity contribution >= 4 is 39.4 Å². The molecule has 0 aliphatic carbocycles. The molecule has 1 unspecified atom stereocenters. The Morgan fingerprint density at radius 1 is 1.48 bits per heavy atom. The lowest BCUT2D eigenvalue weighted by atomic mass is 9.90. The summed E-state index contributed by atoms with van der Waals surface area (Å²) in [7, 11) is 0. The Morgan fingerprint density at radius 2 is 2.19 bits per heavy atom. The molecule has 2 rings (SSSR count). The van der Waals surface area contributed by atoms with Crippen molar-refractivity contribution in [1.29, 1.82) is 0 Å². The highest BCUT2D eigenvalue weighted by molar-refractivity contribution is 9.10. The number of benzene rings is 1. The van der Waals surface area contributed by atoms with Crippen LogP contribution in [0.4, 0.5) is 0 Å². The number of nitrogens with zero attached hydrogens (tertiary/aromatic N) is 1. The SMILES string of the molecule is CCCC1(C(=O)O)CCCN1C(=O)c1cc(Br)ccc1Cl. The second kappa shape index (κ2) is 6.36. The van der Waals surface area contributed by atoms with E-state index >= 15 is 0 Å². The maximum Gasteiger partial charge on any atom is 0.329 e. The van der Waals surface area contributed by atoms with Crippen molar-refractivity contribution in [3.63, 3.8) is 0 Å². The van der Waals surface area contributed by atoms with E-state index in [1.807, 2.05) is 6.92 Å². The van der Waals surface area contributed by atoms with Gasteiger partial charge in [0.25, 0.3) is 5.91 Å². The molecule has 1 saturated heterocycles. The van der Waals surface area contributed by atoms with Crippen molar-refractivity contribution in [2.75, 3.05) is 6.54 Å². The van der Waals surface area contributed by atoms with E-state index in [2.05, 4.69) is 15.9 Å². The molecule has 1 aromatic carbocycles. The zero-order valence-corrected chi connectivity index (χ0v) is 14.1. The first-order valence-corrected chi connectivity index (χ1v) is 8.10. The van der Waals surface area contributed by atoms with Crippen molar-refractivity contribution in [2.24, 2.45) is 0 Å². The van der Waals surface area contributed by atoms with E-state index < -0.39 is 11.5 Å². The molecule has 1 aliphatic heterocycles. The summed E-state index contributed by atoms with van der Waals surface area (Å²) in [5, 5.41) is 9.99. The molecule has 4 nitrogen and oxygen atoms in total. The molecule has 21 heavy (non-hydrogen) atoms. The lowest BCUT2D eigenvalue weighted by molar-refractivity contribution is -0.148. The van der Waals surface area contributed by atoms with Crippen LogP contribution in [0.1, 0.15) is 43.0 Å². The van der Waals surface area contributed by atoms with Crippen LogP contribution in [0.2, 0.25) is 5.02 Å². The van der Waals surface area contributed by atoms with Gasteiger partial charge in [-0.2, -0.15) is 0 Å². The second-order valence-corrected chi connectivity index (χ2v) is 6.59. The normalized spacial score (nSPS) is 21.6. The fraction of sp³-hybridized carbons (Fsp3) is 0.467. The number of carboxylic acids is 1. The summed E-state index contributed by atoms with van der Waals surface area (Å²) in [4.78, 5) is 26.0. The number of carbonyl (C=O) groups excluding carboxylic acids is 1. The number of halogens is 2. The van der Waals surface area contributed by atoms with Gasteiger partial charge in [-0.25, -0.2) is 4.79 Å². The van der Waals surface area contributed by atoms with E-state index in [4.69, 9.17) is 11.6 Å². The van der Waals surface area contributed by atoms with Crippen molar-refractivity contribution < 1.29 is 14.7 Å². The minimum Gasteiger partial charge on any atom is -0.479 e. The lowest BCUT2D eigenvalue weighted by Gasteiger charge is -2.35. The van der Waals surface area contributed by atoms with Gasteiger partial charge in [0.2, 0.25) is 0 Å². The first-order valence-electron chi connectivity index (χ1n) is 6.93. The standard InChI is InChI=1S/C15H17BrClNO3/c1-2-6-15(14(20)21)7-3-8-18(15)13(19)11-9-10(16)4-5-12(11)17/h4-5,9H,2-3,6-8H2,1H3,(H,20,21). The monoisotopic (exact) mass is 373 g/mol. The highest BCUT2D eigenvalue weighted by Gasteiger charge is 2.49. The molecule has 1 heterocycles. The molecule has 1 aromatic rings. The summed E-state index contributed by atoms with van der Waals surface area (Å²) in [6, 6.07) is 5.03. The number of amides is 1. The van der Waals surface area contributed by atoms with Gasteiger partial charge < -0.3 is 10.0 Å². The third kappa shape index (κ3) is 2.94. The van der Waals surface area contributed by atoms with E-state index in [0.717, 1.165) is 4.47 Å². The van der Waals surface area contributed by atoms with Crippen LogP contribution < -0.4 is 0 Å². The average Bonchev–Trinajstić information content (AvgIpc) is 2.86. The number of rotatable bonds is 4. The molecule has 0 radical (unpaired) electrons. The summed E-state index contributed by atoms with van der Waals surface area (Å²) in [6.07, 6.45) is 2.36. The predicted molar refractivity (Wildman–Crippen MR) is 84.7 cm³/mol. The van der Waals surface area contributed by atoms with Crippen LogP contribution in [-0.2, 0) is 4.79 Å². The van der Waals surface area contributed by atoms with Crippen LogP contribution in [-0.4, -0.2) is 34.0 Å². The molecular weight excluding hydrogens is 358 g/mol. The minimum atomic E-state index is -1.10. The van der Waals surface area contributed by atoms with E-state index in [1.54, 1.807) is 18.2 Å². The Morgan fingerprint density at radius 3 is 2.81 bits per heavy atom. The molecule has 114 valence electrons. The van der Waals surface area contributed by atoms with E-state index in [1.165, 1.54) is 4.90 Å². The van der Waals surface area contributed by atoms with Crippen LogP contribution in [0, 0.1) is 0 Å². The fourth-order valence-electron chi connectivity index (χ4n) is 2.98. The number of hydrogen-bond donors (Lipinski definition) is 1. The Labute approximate surface area is 137 Å². The molecule has 1 amide bonds. The van der Waals surface area contributed by atoms with Crippen molar-refractivity contribution in [1.82, 2.24) is 4.90 Å². The average molecular weight is 375 g/mol. The fourth-order valence-corrected chi connectivity index (χ4v) is 3.54. The number of aliphatic carboxylic acids is 1. The van der Waals surface area contributed by atoms with Gasteiger partial charge >= 0.3 is 5.97 Å². The van der Waals surface area contributed by atoms with Gasteiger partial charge in [-0.3, -0.25) is 4.79 Å². The van der Waals surface area contributed by atoms with E-state index in [-0.39, 0.29) is 5.91 Å². The largest absolute Gasteiger partial charge is 0.479 e. The molecule has 1 aliphatic rings. The van der Waals surface area contributed by atoms with Crippen molar-refractivity contribution in [2.45, 2.75) is 38.1 Å². The Kier molecular flexibility index (Phi) is 4.94. The Bertz CT molecular complexity index is 578. The van der Waals surface area contributed by atoms with Crippen LogP contribution in [0.25, 0.3) is 0 Å². The number of likely N-dealkylation sites (tertiary alicyclic amines) is 1. The summed E-state index contributed by atoms with van der Waals surface area (Å²) in [5.41, 5.74) is -0.757. The Balaban J connectivity index is 2.41. The smallest absolute Gasteiger partial charge is 0.329 e. The quantitative estimate of drug-likeness (QED) is 0.868. The second-order valence-electron chi connectivity index (χ2n) is 5.27. The molecule has 0 spiro atoms.